The number of likely N-dealkylation sites (tertiary alicyclic amines) is 1. The zero-order valence-corrected chi connectivity index (χ0v) is 14.7. The van der Waals surface area contributed by atoms with Crippen molar-refractivity contribution in [2.24, 2.45) is 5.92 Å². The van der Waals surface area contributed by atoms with E-state index in [-0.39, 0.29) is 36.7 Å². The third kappa shape index (κ3) is 3.92. The van der Waals surface area contributed by atoms with Gasteiger partial charge in [0.05, 0.1) is 13.0 Å². The van der Waals surface area contributed by atoms with Crippen molar-refractivity contribution in [3.05, 3.63) is 65.2 Å². The molecule has 0 bridgehead atoms. The van der Waals surface area contributed by atoms with Crippen LogP contribution in [0.5, 0.6) is 5.75 Å². The van der Waals surface area contributed by atoms with Crippen LogP contribution in [0.25, 0.3) is 0 Å². The van der Waals surface area contributed by atoms with Gasteiger partial charge in [0.2, 0.25) is 5.91 Å². The second-order valence-corrected chi connectivity index (χ2v) is 6.52. The van der Waals surface area contributed by atoms with Gasteiger partial charge in [0.1, 0.15) is 17.4 Å². The number of ether oxygens (including phenoxy) is 1. The van der Waals surface area contributed by atoms with Gasteiger partial charge in [-0.05, 0) is 5.56 Å². The van der Waals surface area contributed by atoms with Crippen molar-refractivity contribution in [3.8, 4) is 5.75 Å². The molecule has 0 saturated carbocycles. The number of methoxy groups -OCH3 is 1. The second kappa shape index (κ2) is 7.73. The maximum atomic E-state index is 14.5. The van der Waals surface area contributed by atoms with Crippen molar-refractivity contribution < 1.29 is 28.2 Å². The topological polar surface area (TPSA) is 66.8 Å². The van der Waals surface area contributed by atoms with Gasteiger partial charge >= 0.3 is 5.97 Å². The van der Waals surface area contributed by atoms with Crippen LogP contribution in [0.3, 0.4) is 0 Å². The summed E-state index contributed by atoms with van der Waals surface area (Å²) in [4.78, 5) is 25.8. The van der Waals surface area contributed by atoms with Gasteiger partial charge < -0.3 is 14.7 Å². The molecule has 2 atom stereocenters. The molecule has 0 radical (unpaired) electrons. The van der Waals surface area contributed by atoms with Crippen molar-refractivity contribution in [1.82, 2.24) is 4.90 Å². The Bertz CT molecular complexity index is 833. The average Bonchev–Trinajstić information content (AvgIpc) is 2.63. The van der Waals surface area contributed by atoms with E-state index < -0.39 is 29.4 Å². The smallest absolute Gasteiger partial charge is 0.308 e. The number of carbonyl (C=O) groups is 2. The Morgan fingerprint density at radius 1 is 1.22 bits per heavy atom. The molecule has 0 aromatic heterocycles. The summed E-state index contributed by atoms with van der Waals surface area (Å²) in [6, 6.07) is 11.1. The molecule has 3 rings (SSSR count). The van der Waals surface area contributed by atoms with Crippen molar-refractivity contribution in [3.63, 3.8) is 0 Å². The number of aliphatic carboxylic acids is 1. The van der Waals surface area contributed by atoms with E-state index in [0.717, 1.165) is 17.7 Å². The SMILES string of the molecule is COc1cc(F)c(C2CC(=O)N(Cc3ccccc3)CC2C(=O)O)c(F)c1. The van der Waals surface area contributed by atoms with E-state index >= 15 is 0 Å². The molecule has 1 aliphatic heterocycles. The molecule has 142 valence electrons. The number of carbonyl (C=O) groups excluding carboxylic acids is 1. The Hall–Kier alpha value is -2.96. The lowest BCUT2D eigenvalue weighted by molar-refractivity contribution is -0.149. The van der Waals surface area contributed by atoms with E-state index in [9.17, 15) is 23.5 Å². The van der Waals surface area contributed by atoms with Crippen LogP contribution in [0.1, 0.15) is 23.5 Å². The fraction of sp³-hybridized carbons (Fsp3) is 0.300. The molecule has 2 aromatic carbocycles. The largest absolute Gasteiger partial charge is 0.497 e. The van der Waals surface area contributed by atoms with Gasteiger partial charge in [-0.1, -0.05) is 30.3 Å². The van der Waals surface area contributed by atoms with Gasteiger partial charge in [-0.15, -0.1) is 0 Å². The zero-order valence-electron chi connectivity index (χ0n) is 14.7. The van der Waals surface area contributed by atoms with Crippen molar-refractivity contribution >= 4 is 11.9 Å². The molecule has 1 fully saturated rings. The molecule has 7 heteroatoms. The first-order valence-corrected chi connectivity index (χ1v) is 8.48. The van der Waals surface area contributed by atoms with Crippen LogP contribution in [-0.4, -0.2) is 35.5 Å². The Labute approximate surface area is 155 Å². The summed E-state index contributed by atoms with van der Waals surface area (Å²) in [5.41, 5.74) is 0.478. The lowest BCUT2D eigenvalue weighted by Crippen LogP contribution is -2.46. The number of carboxylic acids is 1. The van der Waals surface area contributed by atoms with Crippen LogP contribution in [-0.2, 0) is 16.1 Å². The molecule has 2 unspecified atom stereocenters. The van der Waals surface area contributed by atoms with E-state index in [0.29, 0.717) is 0 Å². The molecule has 1 saturated heterocycles. The number of piperidine rings is 1. The van der Waals surface area contributed by atoms with Gasteiger partial charge in [-0.3, -0.25) is 9.59 Å². The van der Waals surface area contributed by atoms with Gasteiger partial charge in [-0.25, -0.2) is 8.78 Å². The summed E-state index contributed by atoms with van der Waals surface area (Å²) in [5, 5.41) is 9.62. The van der Waals surface area contributed by atoms with Crippen LogP contribution in [0.2, 0.25) is 0 Å². The first-order valence-electron chi connectivity index (χ1n) is 8.48. The molecule has 0 spiro atoms. The predicted molar refractivity (Wildman–Crippen MR) is 93.3 cm³/mol. The fourth-order valence-corrected chi connectivity index (χ4v) is 3.47. The Balaban J connectivity index is 1.90. The summed E-state index contributed by atoms with van der Waals surface area (Å²) in [6.45, 7) is 0.141. The van der Waals surface area contributed by atoms with Crippen molar-refractivity contribution in [2.75, 3.05) is 13.7 Å². The maximum Gasteiger partial charge on any atom is 0.308 e. The van der Waals surface area contributed by atoms with Gasteiger partial charge in [-0.2, -0.15) is 0 Å². The first kappa shape index (κ1) is 18.8. The third-order valence-electron chi connectivity index (χ3n) is 4.84. The predicted octanol–water partition coefficient (Wildman–Crippen LogP) is 3.19. The van der Waals surface area contributed by atoms with Crippen LogP contribution < -0.4 is 4.74 Å². The van der Waals surface area contributed by atoms with Gasteiger partial charge in [0, 0.05) is 43.1 Å². The fourth-order valence-electron chi connectivity index (χ4n) is 3.47. The van der Waals surface area contributed by atoms with E-state index in [1.54, 1.807) is 0 Å². The van der Waals surface area contributed by atoms with E-state index in [1.165, 1.54) is 12.0 Å². The summed E-state index contributed by atoms with van der Waals surface area (Å²) in [5.74, 6) is -5.54. The number of rotatable bonds is 5. The minimum Gasteiger partial charge on any atom is -0.497 e. The van der Waals surface area contributed by atoms with Gasteiger partial charge in [0.15, 0.2) is 0 Å². The number of hydrogen-bond acceptors (Lipinski definition) is 3. The molecule has 1 amide bonds. The van der Waals surface area contributed by atoms with E-state index in [1.807, 2.05) is 30.3 Å². The molecular formula is C20H19F2NO4. The highest BCUT2D eigenvalue weighted by atomic mass is 19.1. The molecule has 1 aliphatic rings. The summed E-state index contributed by atoms with van der Waals surface area (Å²) >= 11 is 0. The molecule has 1 N–H and O–H groups in total. The molecular weight excluding hydrogens is 356 g/mol. The minimum absolute atomic E-state index is 0.00605. The summed E-state index contributed by atoms with van der Waals surface area (Å²) in [7, 11) is 1.28. The van der Waals surface area contributed by atoms with E-state index in [2.05, 4.69) is 0 Å². The number of amides is 1. The molecule has 2 aromatic rings. The monoisotopic (exact) mass is 375 g/mol. The highest BCUT2D eigenvalue weighted by Crippen LogP contribution is 2.38. The lowest BCUT2D eigenvalue weighted by Gasteiger charge is -2.36. The number of benzene rings is 2. The molecule has 27 heavy (non-hydrogen) atoms. The molecule has 0 aliphatic carbocycles. The maximum absolute atomic E-state index is 14.5. The van der Waals surface area contributed by atoms with Crippen LogP contribution >= 0.6 is 0 Å². The zero-order chi connectivity index (χ0) is 19.6. The van der Waals surface area contributed by atoms with Crippen LogP contribution in [0.15, 0.2) is 42.5 Å². The van der Waals surface area contributed by atoms with Gasteiger partial charge in [0.25, 0.3) is 0 Å². The third-order valence-corrected chi connectivity index (χ3v) is 4.84. The number of nitrogens with zero attached hydrogens (tertiary/aromatic N) is 1. The van der Waals surface area contributed by atoms with Crippen LogP contribution in [0, 0.1) is 17.6 Å². The molecule has 5 nitrogen and oxygen atoms in total. The number of hydrogen-bond donors (Lipinski definition) is 1. The Morgan fingerprint density at radius 3 is 2.41 bits per heavy atom. The normalized spacial score (nSPS) is 19.8. The van der Waals surface area contributed by atoms with E-state index in [4.69, 9.17) is 4.74 Å². The quantitative estimate of drug-likeness (QED) is 0.872. The summed E-state index contributed by atoms with van der Waals surface area (Å²) in [6.07, 6.45) is -0.274. The Morgan fingerprint density at radius 2 is 1.85 bits per heavy atom. The summed E-state index contributed by atoms with van der Waals surface area (Å²) < 4.78 is 33.7. The number of halogens is 2. The highest BCUT2D eigenvalue weighted by molar-refractivity contribution is 5.82. The van der Waals surface area contributed by atoms with Crippen LogP contribution in [0.4, 0.5) is 8.78 Å². The van der Waals surface area contributed by atoms with Crippen molar-refractivity contribution in [1.29, 1.82) is 0 Å². The average molecular weight is 375 g/mol. The first-order chi connectivity index (χ1) is 12.9. The number of carboxylic acid groups (broad SMARTS) is 1. The minimum atomic E-state index is -1.19. The second-order valence-electron chi connectivity index (χ2n) is 6.52. The highest BCUT2D eigenvalue weighted by Gasteiger charge is 2.41. The Kier molecular flexibility index (Phi) is 5.39. The molecule has 1 heterocycles. The lowest BCUT2D eigenvalue weighted by atomic mass is 9.79. The van der Waals surface area contributed by atoms with Crippen molar-refractivity contribution in [2.45, 2.75) is 18.9 Å². The standard InChI is InChI=1S/C20H19F2NO4/c1-27-13-7-16(21)19(17(22)8-13)14-9-18(24)23(11-15(14)20(25)26)10-12-5-3-2-4-6-12/h2-8,14-15H,9-11H2,1H3,(H,25,26).